The first kappa shape index (κ1) is 9.00. The maximum absolute atomic E-state index is 10.5. The van der Waals surface area contributed by atoms with Crippen LogP contribution >= 0.6 is 0 Å². The van der Waals surface area contributed by atoms with Crippen LogP contribution in [0.2, 0.25) is 0 Å². The van der Waals surface area contributed by atoms with E-state index in [1.54, 1.807) is 0 Å². The molecular formula is C8H7N3O2. The van der Waals surface area contributed by atoms with E-state index in [1.165, 1.54) is 12.4 Å². The Kier molecular flexibility index (Phi) is 2.82. The van der Waals surface area contributed by atoms with E-state index in [9.17, 15) is 9.59 Å². The van der Waals surface area contributed by atoms with E-state index in [0.29, 0.717) is 5.56 Å². The number of nitrogens with two attached hydrogens (primary N) is 1. The number of primary amides is 1. The molecule has 1 aromatic rings. The molecule has 0 aliphatic heterocycles. The van der Waals surface area contributed by atoms with Gasteiger partial charge in [0.2, 0.25) is 5.91 Å². The van der Waals surface area contributed by atoms with Crippen molar-refractivity contribution in [2.24, 2.45) is 5.73 Å². The first-order valence-corrected chi connectivity index (χ1v) is 3.50. The van der Waals surface area contributed by atoms with Gasteiger partial charge in [-0.05, 0) is 0 Å². The third-order valence-electron chi connectivity index (χ3n) is 1.17. The van der Waals surface area contributed by atoms with E-state index in [4.69, 9.17) is 5.73 Å². The second kappa shape index (κ2) is 4.07. The highest BCUT2D eigenvalue weighted by Crippen LogP contribution is 1.86. The van der Waals surface area contributed by atoms with Crippen molar-refractivity contribution < 1.29 is 4.79 Å². The number of aromatic nitrogens is 2. The molecule has 1 heterocycles. The van der Waals surface area contributed by atoms with Gasteiger partial charge in [0, 0.05) is 12.4 Å². The smallest absolute Gasteiger partial charge is 0.344 e. The molecule has 0 radical (unpaired) electrons. The SMILES string of the molecule is NC(=O)CC#Cc1cnc(=O)[nH]c1. The van der Waals surface area contributed by atoms with E-state index in [1.807, 2.05) is 0 Å². The summed E-state index contributed by atoms with van der Waals surface area (Å²) in [6, 6.07) is 0. The van der Waals surface area contributed by atoms with E-state index in [0.717, 1.165) is 0 Å². The van der Waals surface area contributed by atoms with Gasteiger partial charge in [-0.15, -0.1) is 0 Å². The number of amides is 1. The maximum atomic E-state index is 10.5. The molecule has 0 saturated carbocycles. The Morgan fingerprint density at radius 3 is 3.00 bits per heavy atom. The molecule has 0 unspecified atom stereocenters. The summed E-state index contributed by atoms with van der Waals surface area (Å²) in [7, 11) is 0. The highest BCUT2D eigenvalue weighted by atomic mass is 16.1. The van der Waals surface area contributed by atoms with E-state index in [2.05, 4.69) is 21.8 Å². The molecule has 66 valence electrons. The van der Waals surface area contributed by atoms with Crippen LogP contribution in [0, 0.1) is 11.8 Å². The van der Waals surface area contributed by atoms with Gasteiger partial charge in [-0.25, -0.2) is 9.78 Å². The van der Waals surface area contributed by atoms with Crippen LogP contribution in [0.5, 0.6) is 0 Å². The van der Waals surface area contributed by atoms with Crippen LogP contribution < -0.4 is 11.4 Å². The highest BCUT2D eigenvalue weighted by Gasteiger charge is 1.88. The van der Waals surface area contributed by atoms with Crippen LogP contribution in [-0.4, -0.2) is 15.9 Å². The van der Waals surface area contributed by atoms with Crippen LogP contribution in [0.3, 0.4) is 0 Å². The fourth-order valence-electron chi connectivity index (χ4n) is 0.644. The minimum absolute atomic E-state index is 0.000867. The number of nitrogens with zero attached hydrogens (tertiary/aromatic N) is 1. The fraction of sp³-hybridized carbons (Fsp3) is 0.125. The monoisotopic (exact) mass is 177 g/mol. The molecular weight excluding hydrogens is 170 g/mol. The Hall–Kier alpha value is -2.09. The molecule has 0 saturated heterocycles. The quantitative estimate of drug-likeness (QED) is 0.539. The largest absolute Gasteiger partial charge is 0.369 e. The summed E-state index contributed by atoms with van der Waals surface area (Å²) in [6.07, 6.45) is 2.75. The average Bonchev–Trinajstić information content (AvgIpc) is 2.08. The summed E-state index contributed by atoms with van der Waals surface area (Å²) in [5.74, 6) is 4.67. The van der Waals surface area contributed by atoms with Crippen molar-refractivity contribution in [2.45, 2.75) is 6.42 Å². The molecule has 5 nitrogen and oxygen atoms in total. The summed E-state index contributed by atoms with van der Waals surface area (Å²) in [4.78, 5) is 26.6. The van der Waals surface area contributed by atoms with Crippen LogP contribution in [0.15, 0.2) is 17.2 Å². The van der Waals surface area contributed by atoms with Crippen LogP contribution in [0.4, 0.5) is 0 Å². The van der Waals surface area contributed by atoms with Crippen molar-refractivity contribution in [1.82, 2.24) is 9.97 Å². The Labute approximate surface area is 74.0 Å². The maximum Gasteiger partial charge on any atom is 0.344 e. The molecule has 0 aromatic carbocycles. The van der Waals surface area contributed by atoms with Gasteiger partial charge in [0.1, 0.15) is 0 Å². The Morgan fingerprint density at radius 1 is 1.69 bits per heavy atom. The number of hydrogen-bond donors (Lipinski definition) is 2. The first-order chi connectivity index (χ1) is 6.18. The Morgan fingerprint density at radius 2 is 2.46 bits per heavy atom. The van der Waals surface area contributed by atoms with Crippen molar-refractivity contribution in [3.8, 4) is 11.8 Å². The van der Waals surface area contributed by atoms with Gasteiger partial charge in [-0.3, -0.25) is 4.79 Å². The lowest BCUT2D eigenvalue weighted by Crippen LogP contribution is -2.09. The summed E-state index contributed by atoms with van der Waals surface area (Å²) in [5.41, 5.74) is 4.98. The van der Waals surface area contributed by atoms with Crippen molar-refractivity contribution in [3.63, 3.8) is 0 Å². The molecule has 1 rings (SSSR count). The van der Waals surface area contributed by atoms with E-state index in [-0.39, 0.29) is 6.42 Å². The molecule has 0 fully saturated rings. The zero-order valence-electron chi connectivity index (χ0n) is 6.70. The number of aromatic amines is 1. The summed E-state index contributed by atoms with van der Waals surface area (Å²) in [5, 5.41) is 0. The molecule has 0 aliphatic carbocycles. The normalized spacial score (nSPS) is 8.62. The lowest BCUT2D eigenvalue weighted by atomic mass is 10.3. The lowest BCUT2D eigenvalue weighted by molar-refractivity contribution is -0.117. The van der Waals surface area contributed by atoms with Crippen molar-refractivity contribution in [2.75, 3.05) is 0 Å². The van der Waals surface area contributed by atoms with Crippen molar-refractivity contribution in [1.29, 1.82) is 0 Å². The average molecular weight is 177 g/mol. The minimum Gasteiger partial charge on any atom is -0.369 e. The summed E-state index contributed by atoms with van der Waals surface area (Å²) < 4.78 is 0. The van der Waals surface area contributed by atoms with Gasteiger partial charge in [0.25, 0.3) is 0 Å². The Bertz CT molecular complexity index is 405. The second-order valence-electron chi connectivity index (χ2n) is 2.25. The van der Waals surface area contributed by atoms with E-state index >= 15 is 0 Å². The molecule has 0 atom stereocenters. The number of carbonyl (C=O) groups excluding carboxylic acids is 1. The predicted molar refractivity (Wildman–Crippen MR) is 45.5 cm³/mol. The van der Waals surface area contributed by atoms with Gasteiger partial charge in [0.05, 0.1) is 12.0 Å². The molecule has 5 heteroatoms. The van der Waals surface area contributed by atoms with Crippen molar-refractivity contribution in [3.05, 3.63) is 28.4 Å². The zero-order valence-corrected chi connectivity index (χ0v) is 6.70. The lowest BCUT2D eigenvalue weighted by Gasteiger charge is -1.85. The predicted octanol–water partition coefficient (Wildman–Crippen LogP) is -1.00. The third-order valence-corrected chi connectivity index (χ3v) is 1.17. The van der Waals surface area contributed by atoms with Crippen LogP contribution in [0.25, 0.3) is 0 Å². The van der Waals surface area contributed by atoms with Gasteiger partial charge in [-0.2, -0.15) is 0 Å². The van der Waals surface area contributed by atoms with Gasteiger partial charge in [-0.1, -0.05) is 11.8 Å². The molecule has 3 N–H and O–H groups in total. The fourth-order valence-corrected chi connectivity index (χ4v) is 0.644. The second-order valence-corrected chi connectivity index (χ2v) is 2.25. The number of hydrogen-bond acceptors (Lipinski definition) is 3. The summed E-state index contributed by atoms with van der Waals surface area (Å²) >= 11 is 0. The molecule has 1 amide bonds. The minimum atomic E-state index is -0.482. The van der Waals surface area contributed by atoms with Gasteiger partial charge >= 0.3 is 5.69 Å². The standard InChI is InChI=1S/C8H7N3O2/c9-7(12)3-1-2-6-4-10-8(13)11-5-6/h4-5H,3H2,(H2,9,12)(H,10,11,13). The van der Waals surface area contributed by atoms with Gasteiger partial charge < -0.3 is 10.7 Å². The molecule has 13 heavy (non-hydrogen) atoms. The number of rotatable bonds is 1. The Balaban J connectivity index is 2.72. The van der Waals surface area contributed by atoms with E-state index < -0.39 is 11.6 Å². The topological polar surface area (TPSA) is 88.8 Å². The molecule has 0 bridgehead atoms. The highest BCUT2D eigenvalue weighted by molar-refractivity contribution is 5.76. The first-order valence-electron chi connectivity index (χ1n) is 3.50. The number of H-pyrrole nitrogens is 1. The molecule has 0 spiro atoms. The summed E-state index contributed by atoms with van der Waals surface area (Å²) in [6.45, 7) is 0. The molecule has 1 aromatic heterocycles. The van der Waals surface area contributed by atoms with Gasteiger partial charge in [0.15, 0.2) is 0 Å². The number of nitrogens with one attached hydrogen (secondary N) is 1. The third kappa shape index (κ3) is 3.20. The zero-order chi connectivity index (χ0) is 9.68. The van der Waals surface area contributed by atoms with Crippen LogP contribution in [-0.2, 0) is 4.79 Å². The molecule has 0 aliphatic rings. The number of carbonyl (C=O) groups is 1. The van der Waals surface area contributed by atoms with Crippen LogP contribution in [0.1, 0.15) is 12.0 Å². The van der Waals surface area contributed by atoms with Crippen molar-refractivity contribution >= 4 is 5.91 Å².